The predicted molar refractivity (Wildman–Crippen MR) is 75.3 cm³/mol. The minimum Gasteiger partial charge on any atom is -0.496 e. The monoisotopic (exact) mass is 265 g/mol. The van der Waals surface area contributed by atoms with E-state index >= 15 is 0 Å². The Labute approximate surface area is 115 Å². The second-order valence-electron chi connectivity index (χ2n) is 4.91. The first-order valence-corrected chi connectivity index (χ1v) is 6.85. The normalized spacial score (nSPS) is 21.5. The van der Waals surface area contributed by atoms with Gasteiger partial charge in [0.05, 0.1) is 25.9 Å². The average molecular weight is 265 g/mol. The molecule has 1 N–H and O–H groups in total. The molecule has 0 radical (unpaired) electrons. The number of hydrogen-bond acceptors (Lipinski definition) is 4. The molecule has 0 spiro atoms. The summed E-state index contributed by atoms with van der Waals surface area (Å²) < 4.78 is 16.7. The standard InChI is InChI=1S/C15H23NO3/c1-5-6-16-12-7-10(2)19-14-9-11(17-3)8-13(18-4)15(12)14/h8-10,12,16H,5-7H2,1-4H3. The smallest absolute Gasteiger partial charge is 0.131 e. The van der Waals surface area contributed by atoms with Gasteiger partial charge in [0.15, 0.2) is 0 Å². The number of hydrogen-bond donors (Lipinski definition) is 1. The molecule has 0 amide bonds. The van der Waals surface area contributed by atoms with E-state index in [4.69, 9.17) is 14.2 Å². The van der Waals surface area contributed by atoms with Crippen LogP contribution in [0.3, 0.4) is 0 Å². The van der Waals surface area contributed by atoms with Crippen LogP contribution in [0.1, 0.15) is 38.3 Å². The highest BCUT2D eigenvalue weighted by atomic mass is 16.5. The van der Waals surface area contributed by atoms with Crippen LogP contribution in [0.25, 0.3) is 0 Å². The average Bonchev–Trinajstić information content (AvgIpc) is 2.42. The highest BCUT2D eigenvalue weighted by molar-refractivity contribution is 5.53. The number of ether oxygens (including phenoxy) is 3. The zero-order valence-corrected chi connectivity index (χ0v) is 12.2. The van der Waals surface area contributed by atoms with E-state index in [1.165, 1.54) is 0 Å². The quantitative estimate of drug-likeness (QED) is 0.888. The second kappa shape index (κ2) is 6.15. The lowest BCUT2D eigenvalue weighted by molar-refractivity contribution is 0.163. The van der Waals surface area contributed by atoms with Gasteiger partial charge in [-0.2, -0.15) is 0 Å². The molecular weight excluding hydrogens is 242 g/mol. The van der Waals surface area contributed by atoms with Crippen molar-refractivity contribution in [2.45, 2.75) is 38.8 Å². The maximum atomic E-state index is 5.93. The summed E-state index contributed by atoms with van der Waals surface area (Å²) in [6.45, 7) is 5.25. The first-order valence-electron chi connectivity index (χ1n) is 6.85. The van der Waals surface area contributed by atoms with Gasteiger partial charge in [0, 0.05) is 24.6 Å². The van der Waals surface area contributed by atoms with E-state index in [9.17, 15) is 0 Å². The van der Waals surface area contributed by atoms with E-state index in [2.05, 4.69) is 19.2 Å². The van der Waals surface area contributed by atoms with Gasteiger partial charge in [-0.1, -0.05) is 6.92 Å². The topological polar surface area (TPSA) is 39.7 Å². The van der Waals surface area contributed by atoms with Gasteiger partial charge in [0.1, 0.15) is 17.2 Å². The molecule has 0 saturated heterocycles. The van der Waals surface area contributed by atoms with Crippen LogP contribution in [0.4, 0.5) is 0 Å². The summed E-state index contributed by atoms with van der Waals surface area (Å²) in [5, 5.41) is 3.57. The van der Waals surface area contributed by atoms with Gasteiger partial charge in [-0.15, -0.1) is 0 Å². The van der Waals surface area contributed by atoms with Gasteiger partial charge in [-0.3, -0.25) is 0 Å². The van der Waals surface area contributed by atoms with E-state index < -0.39 is 0 Å². The van der Waals surface area contributed by atoms with Crippen LogP contribution < -0.4 is 19.5 Å². The van der Waals surface area contributed by atoms with Crippen LogP contribution in [-0.4, -0.2) is 26.9 Å². The maximum absolute atomic E-state index is 5.93. The van der Waals surface area contributed by atoms with Crippen LogP contribution in [0, 0.1) is 0 Å². The minimum absolute atomic E-state index is 0.193. The lowest BCUT2D eigenvalue weighted by Gasteiger charge is -2.32. The number of benzene rings is 1. The van der Waals surface area contributed by atoms with Crippen molar-refractivity contribution >= 4 is 0 Å². The highest BCUT2D eigenvalue weighted by Crippen LogP contribution is 2.43. The van der Waals surface area contributed by atoms with Crippen LogP contribution >= 0.6 is 0 Å². The van der Waals surface area contributed by atoms with Gasteiger partial charge < -0.3 is 19.5 Å². The molecule has 4 nitrogen and oxygen atoms in total. The van der Waals surface area contributed by atoms with Crippen LogP contribution in [0.15, 0.2) is 12.1 Å². The van der Waals surface area contributed by atoms with Crippen molar-refractivity contribution in [2.24, 2.45) is 0 Å². The molecule has 0 saturated carbocycles. The summed E-state index contributed by atoms with van der Waals surface area (Å²) in [7, 11) is 3.34. The van der Waals surface area contributed by atoms with Crippen molar-refractivity contribution in [3.63, 3.8) is 0 Å². The number of nitrogens with one attached hydrogen (secondary N) is 1. The summed E-state index contributed by atoms with van der Waals surface area (Å²) in [4.78, 5) is 0. The van der Waals surface area contributed by atoms with E-state index in [0.29, 0.717) is 0 Å². The molecule has 4 heteroatoms. The first kappa shape index (κ1) is 14.0. The molecule has 2 rings (SSSR count). The molecule has 1 aromatic carbocycles. The summed E-state index contributed by atoms with van der Waals surface area (Å²) >= 11 is 0. The summed E-state index contributed by atoms with van der Waals surface area (Å²) in [5.41, 5.74) is 1.11. The SMILES string of the molecule is CCCNC1CC(C)Oc2cc(OC)cc(OC)c21. The molecule has 106 valence electrons. The predicted octanol–water partition coefficient (Wildman–Crippen LogP) is 2.92. The molecule has 1 aromatic rings. The molecule has 0 aliphatic carbocycles. The van der Waals surface area contributed by atoms with Crippen molar-refractivity contribution < 1.29 is 14.2 Å². The Balaban J connectivity index is 2.39. The van der Waals surface area contributed by atoms with Gasteiger partial charge in [0.2, 0.25) is 0 Å². The fourth-order valence-electron chi connectivity index (χ4n) is 2.52. The molecule has 19 heavy (non-hydrogen) atoms. The fraction of sp³-hybridized carbons (Fsp3) is 0.600. The lowest BCUT2D eigenvalue weighted by Crippen LogP contribution is -2.32. The van der Waals surface area contributed by atoms with Crippen molar-refractivity contribution in [1.82, 2.24) is 5.32 Å². The van der Waals surface area contributed by atoms with E-state index in [1.54, 1.807) is 14.2 Å². The van der Waals surface area contributed by atoms with Crippen molar-refractivity contribution in [1.29, 1.82) is 0 Å². The molecule has 0 aromatic heterocycles. The zero-order valence-electron chi connectivity index (χ0n) is 12.2. The molecule has 2 atom stereocenters. The fourth-order valence-corrected chi connectivity index (χ4v) is 2.52. The Kier molecular flexibility index (Phi) is 4.53. The second-order valence-corrected chi connectivity index (χ2v) is 4.91. The summed E-state index contributed by atoms with van der Waals surface area (Å²) in [6, 6.07) is 4.13. The zero-order chi connectivity index (χ0) is 13.8. The van der Waals surface area contributed by atoms with Gasteiger partial charge in [-0.25, -0.2) is 0 Å². The van der Waals surface area contributed by atoms with Crippen molar-refractivity contribution in [3.8, 4) is 17.2 Å². The van der Waals surface area contributed by atoms with E-state index in [0.717, 1.165) is 42.2 Å². The van der Waals surface area contributed by atoms with Gasteiger partial charge in [-0.05, 0) is 19.9 Å². The van der Waals surface area contributed by atoms with Gasteiger partial charge >= 0.3 is 0 Å². The molecule has 1 aliphatic heterocycles. The Morgan fingerprint density at radius 1 is 1.32 bits per heavy atom. The number of rotatable bonds is 5. The molecule has 0 fully saturated rings. The third kappa shape index (κ3) is 2.95. The van der Waals surface area contributed by atoms with Gasteiger partial charge in [0.25, 0.3) is 0 Å². The lowest BCUT2D eigenvalue weighted by atomic mass is 9.95. The minimum atomic E-state index is 0.193. The molecule has 2 unspecified atom stereocenters. The Hall–Kier alpha value is -1.42. The van der Waals surface area contributed by atoms with Crippen LogP contribution in [0.5, 0.6) is 17.2 Å². The highest BCUT2D eigenvalue weighted by Gasteiger charge is 2.29. The molecule has 1 aliphatic rings. The third-order valence-corrected chi connectivity index (χ3v) is 3.42. The van der Waals surface area contributed by atoms with Crippen molar-refractivity contribution in [3.05, 3.63) is 17.7 Å². The molecular formula is C15H23NO3. The molecule has 0 bridgehead atoms. The maximum Gasteiger partial charge on any atom is 0.131 e. The Bertz CT molecular complexity index is 434. The van der Waals surface area contributed by atoms with E-state index in [1.807, 2.05) is 12.1 Å². The van der Waals surface area contributed by atoms with Crippen LogP contribution in [0.2, 0.25) is 0 Å². The van der Waals surface area contributed by atoms with E-state index in [-0.39, 0.29) is 12.1 Å². The third-order valence-electron chi connectivity index (χ3n) is 3.42. The van der Waals surface area contributed by atoms with Crippen LogP contribution in [-0.2, 0) is 0 Å². The number of fused-ring (bicyclic) bond motifs is 1. The number of methoxy groups -OCH3 is 2. The molecule has 1 heterocycles. The summed E-state index contributed by atoms with van der Waals surface area (Å²) in [6.07, 6.45) is 2.26. The first-order chi connectivity index (χ1) is 9.19. The van der Waals surface area contributed by atoms with Crippen molar-refractivity contribution in [2.75, 3.05) is 20.8 Å². The summed E-state index contributed by atoms with van der Waals surface area (Å²) in [5.74, 6) is 2.46. The Morgan fingerprint density at radius 2 is 2.11 bits per heavy atom. The Morgan fingerprint density at radius 3 is 2.74 bits per heavy atom. The largest absolute Gasteiger partial charge is 0.496 e.